The molecule has 3 aromatic carbocycles. The first kappa shape index (κ1) is 21.2. The van der Waals surface area contributed by atoms with Crippen LogP contribution in [0.5, 0.6) is 5.75 Å². The van der Waals surface area contributed by atoms with Gasteiger partial charge in [0.15, 0.2) is 6.61 Å². The SMILES string of the molecule is Cc1cccc(/C(=C\CSc2ccc(OCC(=O)O)c(Br)c2)c2ccccc2)c1. The quantitative estimate of drug-likeness (QED) is 0.386. The third-order valence-electron chi connectivity index (χ3n) is 4.21. The highest BCUT2D eigenvalue weighted by Gasteiger charge is 2.07. The van der Waals surface area contributed by atoms with E-state index in [9.17, 15) is 4.79 Å². The van der Waals surface area contributed by atoms with E-state index < -0.39 is 5.97 Å². The summed E-state index contributed by atoms with van der Waals surface area (Å²) in [5, 5.41) is 8.74. The third kappa shape index (κ3) is 6.24. The zero-order valence-corrected chi connectivity index (χ0v) is 18.4. The van der Waals surface area contributed by atoms with E-state index >= 15 is 0 Å². The molecule has 0 aliphatic carbocycles. The minimum atomic E-state index is -0.995. The van der Waals surface area contributed by atoms with E-state index in [0.29, 0.717) is 5.75 Å². The number of halogens is 1. The van der Waals surface area contributed by atoms with Crippen LogP contribution in [-0.2, 0) is 4.79 Å². The van der Waals surface area contributed by atoms with Crippen LogP contribution in [0.25, 0.3) is 5.57 Å². The van der Waals surface area contributed by atoms with Crippen LogP contribution >= 0.6 is 27.7 Å². The number of aryl methyl sites for hydroxylation is 1. The number of carbonyl (C=O) groups is 1. The van der Waals surface area contributed by atoms with Gasteiger partial charge in [-0.1, -0.05) is 66.2 Å². The Morgan fingerprint density at radius 1 is 1.03 bits per heavy atom. The lowest BCUT2D eigenvalue weighted by Gasteiger charge is -2.10. The topological polar surface area (TPSA) is 46.5 Å². The molecule has 0 atom stereocenters. The van der Waals surface area contributed by atoms with Gasteiger partial charge >= 0.3 is 5.97 Å². The second-order valence-electron chi connectivity index (χ2n) is 6.44. The Bertz CT molecular complexity index is 1020. The molecule has 0 bridgehead atoms. The van der Waals surface area contributed by atoms with Gasteiger partial charge in [-0.05, 0) is 57.8 Å². The molecule has 0 saturated carbocycles. The zero-order chi connectivity index (χ0) is 20.6. The number of carboxylic acid groups (broad SMARTS) is 1. The Hall–Kier alpha value is -2.50. The first-order valence-electron chi connectivity index (χ1n) is 9.12. The number of benzene rings is 3. The second-order valence-corrected chi connectivity index (χ2v) is 8.39. The number of hydrogen-bond acceptors (Lipinski definition) is 3. The minimum absolute atomic E-state index is 0.356. The zero-order valence-electron chi connectivity index (χ0n) is 16.0. The van der Waals surface area contributed by atoms with E-state index in [1.807, 2.05) is 18.2 Å². The minimum Gasteiger partial charge on any atom is -0.481 e. The molecular formula is C24H21BrO3S. The fourth-order valence-electron chi connectivity index (χ4n) is 2.88. The molecule has 3 nitrogen and oxygen atoms in total. The molecule has 3 rings (SSSR count). The van der Waals surface area contributed by atoms with E-state index in [1.165, 1.54) is 22.3 Å². The Morgan fingerprint density at radius 3 is 2.48 bits per heavy atom. The van der Waals surface area contributed by atoms with E-state index in [2.05, 4.69) is 77.5 Å². The summed E-state index contributed by atoms with van der Waals surface area (Å²) < 4.78 is 6.00. The fourth-order valence-corrected chi connectivity index (χ4v) is 4.33. The maximum absolute atomic E-state index is 10.7. The Morgan fingerprint density at radius 2 is 1.79 bits per heavy atom. The van der Waals surface area contributed by atoms with Gasteiger partial charge in [0.1, 0.15) is 5.75 Å². The molecule has 0 fully saturated rings. The van der Waals surface area contributed by atoms with E-state index in [4.69, 9.17) is 9.84 Å². The highest BCUT2D eigenvalue weighted by Crippen LogP contribution is 2.31. The summed E-state index contributed by atoms with van der Waals surface area (Å²) in [6.07, 6.45) is 2.25. The molecule has 3 aromatic rings. The van der Waals surface area contributed by atoms with Gasteiger partial charge in [-0.15, -0.1) is 11.8 Å². The van der Waals surface area contributed by atoms with Gasteiger partial charge in [0.05, 0.1) is 4.47 Å². The van der Waals surface area contributed by atoms with E-state index in [0.717, 1.165) is 15.1 Å². The summed E-state index contributed by atoms with van der Waals surface area (Å²) in [5.41, 5.74) is 4.84. The van der Waals surface area contributed by atoms with Crippen LogP contribution in [0.15, 0.2) is 88.2 Å². The van der Waals surface area contributed by atoms with Crippen molar-refractivity contribution in [2.75, 3.05) is 12.4 Å². The Kier molecular flexibility index (Phi) is 7.55. The van der Waals surface area contributed by atoms with Gasteiger partial charge < -0.3 is 9.84 Å². The first-order chi connectivity index (χ1) is 14.0. The average molecular weight is 469 g/mol. The van der Waals surface area contributed by atoms with Crippen molar-refractivity contribution < 1.29 is 14.6 Å². The molecule has 0 radical (unpaired) electrons. The van der Waals surface area contributed by atoms with Crippen LogP contribution in [-0.4, -0.2) is 23.4 Å². The van der Waals surface area contributed by atoms with Crippen molar-refractivity contribution in [3.63, 3.8) is 0 Å². The molecular weight excluding hydrogens is 448 g/mol. The number of aliphatic carboxylic acids is 1. The lowest BCUT2D eigenvalue weighted by molar-refractivity contribution is -0.139. The fraction of sp³-hybridized carbons (Fsp3) is 0.125. The second kappa shape index (κ2) is 10.3. The summed E-state index contributed by atoms with van der Waals surface area (Å²) in [4.78, 5) is 11.7. The standard InChI is InChI=1S/C24H21BrO3S/c1-17-6-5-9-19(14-17)21(18-7-3-2-4-8-18)12-13-29-20-10-11-23(22(25)15-20)28-16-24(26)27/h2-12,14-15H,13,16H2,1H3,(H,26,27)/b21-12-. The van der Waals surface area contributed by atoms with Crippen LogP contribution in [0.1, 0.15) is 16.7 Å². The molecule has 0 aromatic heterocycles. The van der Waals surface area contributed by atoms with E-state index in [1.54, 1.807) is 17.8 Å². The predicted octanol–water partition coefficient (Wildman–Crippen LogP) is 6.44. The molecule has 0 amide bonds. The third-order valence-corrected chi connectivity index (χ3v) is 5.75. The molecule has 5 heteroatoms. The van der Waals surface area contributed by atoms with Crippen molar-refractivity contribution in [2.24, 2.45) is 0 Å². The van der Waals surface area contributed by atoms with Crippen LogP contribution in [0.2, 0.25) is 0 Å². The molecule has 1 N–H and O–H groups in total. The molecule has 0 spiro atoms. The number of rotatable bonds is 8. The lowest BCUT2D eigenvalue weighted by Crippen LogP contribution is -2.09. The summed E-state index contributed by atoms with van der Waals surface area (Å²) >= 11 is 5.16. The van der Waals surface area contributed by atoms with Crippen LogP contribution in [0, 0.1) is 6.92 Å². The van der Waals surface area contributed by atoms with Gasteiger partial charge in [0, 0.05) is 10.6 Å². The molecule has 0 unspecified atom stereocenters. The normalized spacial score (nSPS) is 11.3. The van der Waals surface area contributed by atoms with Crippen molar-refractivity contribution in [2.45, 2.75) is 11.8 Å². The van der Waals surface area contributed by atoms with E-state index in [-0.39, 0.29) is 6.61 Å². The lowest BCUT2D eigenvalue weighted by atomic mass is 9.97. The summed E-state index contributed by atoms with van der Waals surface area (Å²) in [5.74, 6) is 0.335. The highest BCUT2D eigenvalue weighted by molar-refractivity contribution is 9.10. The van der Waals surface area contributed by atoms with Crippen molar-refractivity contribution in [1.29, 1.82) is 0 Å². The Balaban J connectivity index is 1.76. The van der Waals surface area contributed by atoms with Gasteiger partial charge in [-0.2, -0.15) is 0 Å². The van der Waals surface area contributed by atoms with Crippen LogP contribution in [0.3, 0.4) is 0 Å². The van der Waals surface area contributed by atoms with Gasteiger partial charge in [0.2, 0.25) is 0 Å². The van der Waals surface area contributed by atoms with Crippen molar-refractivity contribution in [1.82, 2.24) is 0 Å². The molecule has 0 saturated heterocycles. The van der Waals surface area contributed by atoms with Crippen LogP contribution < -0.4 is 4.74 Å². The molecule has 0 aliphatic heterocycles. The van der Waals surface area contributed by atoms with Crippen molar-refractivity contribution >= 4 is 39.2 Å². The summed E-state index contributed by atoms with van der Waals surface area (Å²) in [6, 6.07) is 24.6. The number of ether oxygens (including phenoxy) is 1. The smallest absolute Gasteiger partial charge is 0.341 e. The maximum atomic E-state index is 10.7. The molecule has 148 valence electrons. The number of carboxylic acids is 1. The summed E-state index contributed by atoms with van der Waals surface area (Å²) in [6.45, 7) is 1.75. The number of thioether (sulfide) groups is 1. The van der Waals surface area contributed by atoms with Gasteiger partial charge in [0.25, 0.3) is 0 Å². The van der Waals surface area contributed by atoms with Gasteiger partial charge in [-0.3, -0.25) is 0 Å². The molecule has 29 heavy (non-hydrogen) atoms. The average Bonchev–Trinajstić information content (AvgIpc) is 2.71. The molecule has 0 heterocycles. The van der Waals surface area contributed by atoms with Crippen LogP contribution in [0.4, 0.5) is 0 Å². The molecule has 0 aliphatic rings. The monoisotopic (exact) mass is 468 g/mol. The summed E-state index contributed by atoms with van der Waals surface area (Å²) in [7, 11) is 0. The number of hydrogen-bond donors (Lipinski definition) is 1. The highest BCUT2D eigenvalue weighted by atomic mass is 79.9. The van der Waals surface area contributed by atoms with Gasteiger partial charge in [-0.25, -0.2) is 4.79 Å². The van der Waals surface area contributed by atoms with Crippen molar-refractivity contribution in [3.8, 4) is 5.75 Å². The predicted molar refractivity (Wildman–Crippen MR) is 123 cm³/mol. The largest absolute Gasteiger partial charge is 0.481 e. The Labute approximate surface area is 183 Å². The maximum Gasteiger partial charge on any atom is 0.341 e. The van der Waals surface area contributed by atoms with Crippen molar-refractivity contribution in [3.05, 3.63) is 100 Å². The first-order valence-corrected chi connectivity index (χ1v) is 10.9.